The summed E-state index contributed by atoms with van der Waals surface area (Å²) in [6.45, 7) is 6.62. The molecular formula is C24H21F2N5O. The zero-order valence-corrected chi connectivity index (χ0v) is 18.0. The first kappa shape index (κ1) is 20.2. The number of rotatable bonds is 2. The number of fused-ring (bicyclic) bond motifs is 2. The number of aromatic nitrogens is 4. The standard InChI is InChI=1S/C24H21F2N5O/c1-13-6-18(23(26)19(25)7-13)16-10-17-12-30(5-4-20(17)27-11-16)24-14(2)8-21-28-15(3)9-22(32)31(21)29-24/h6-11H,4-5,12H2,1-3H3. The van der Waals surface area contributed by atoms with Crippen molar-refractivity contribution in [3.8, 4) is 11.1 Å². The van der Waals surface area contributed by atoms with Gasteiger partial charge in [-0.05, 0) is 61.7 Å². The molecule has 5 rings (SSSR count). The van der Waals surface area contributed by atoms with Crippen LogP contribution in [0, 0.1) is 32.4 Å². The number of nitrogens with zero attached hydrogens (tertiary/aromatic N) is 5. The highest BCUT2D eigenvalue weighted by atomic mass is 19.2. The molecule has 162 valence electrons. The molecule has 0 atom stereocenters. The number of anilines is 1. The second-order valence-corrected chi connectivity index (χ2v) is 8.27. The minimum absolute atomic E-state index is 0.197. The minimum Gasteiger partial charge on any atom is -0.350 e. The van der Waals surface area contributed by atoms with Crippen LogP contribution in [0.1, 0.15) is 28.1 Å². The Morgan fingerprint density at radius 3 is 2.66 bits per heavy atom. The fourth-order valence-electron chi connectivity index (χ4n) is 4.24. The van der Waals surface area contributed by atoms with Crippen LogP contribution in [0.15, 0.2) is 41.3 Å². The van der Waals surface area contributed by atoms with Crippen LogP contribution in [-0.4, -0.2) is 26.1 Å². The lowest BCUT2D eigenvalue weighted by Crippen LogP contribution is -2.33. The summed E-state index contributed by atoms with van der Waals surface area (Å²) in [4.78, 5) is 23.4. The molecular weight excluding hydrogens is 412 g/mol. The maximum absolute atomic E-state index is 14.4. The van der Waals surface area contributed by atoms with E-state index in [4.69, 9.17) is 0 Å². The normalized spacial score (nSPS) is 13.5. The molecule has 0 bridgehead atoms. The summed E-state index contributed by atoms with van der Waals surface area (Å²) in [5, 5.41) is 4.57. The molecule has 0 amide bonds. The van der Waals surface area contributed by atoms with Gasteiger partial charge in [-0.15, -0.1) is 5.10 Å². The van der Waals surface area contributed by atoms with Gasteiger partial charge >= 0.3 is 0 Å². The van der Waals surface area contributed by atoms with E-state index in [1.807, 2.05) is 19.1 Å². The molecule has 0 aliphatic carbocycles. The summed E-state index contributed by atoms with van der Waals surface area (Å²) >= 11 is 0. The Hall–Kier alpha value is -3.68. The van der Waals surface area contributed by atoms with Gasteiger partial charge in [0, 0.05) is 54.3 Å². The summed E-state index contributed by atoms with van der Waals surface area (Å²) in [7, 11) is 0. The first-order chi connectivity index (χ1) is 15.3. The topological polar surface area (TPSA) is 63.4 Å². The second kappa shape index (κ2) is 7.47. The highest BCUT2D eigenvalue weighted by molar-refractivity contribution is 5.66. The number of halogens is 2. The van der Waals surface area contributed by atoms with Gasteiger partial charge in [0.05, 0.1) is 0 Å². The molecule has 8 heteroatoms. The van der Waals surface area contributed by atoms with Gasteiger partial charge in [0.25, 0.3) is 5.56 Å². The number of pyridine rings is 1. The van der Waals surface area contributed by atoms with E-state index in [0.29, 0.717) is 47.8 Å². The number of benzene rings is 1. The average Bonchev–Trinajstić information content (AvgIpc) is 2.75. The molecule has 0 saturated carbocycles. The van der Waals surface area contributed by atoms with E-state index in [1.54, 1.807) is 26.1 Å². The number of aryl methyl sites for hydroxylation is 3. The fraction of sp³-hybridized carbons (Fsp3) is 0.250. The van der Waals surface area contributed by atoms with Crippen molar-refractivity contribution >= 4 is 11.5 Å². The zero-order valence-electron chi connectivity index (χ0n) is 18.0. The third-order valence-corrected chi connectivity index (χ3v) is 5.76. The molecule has 4 heterocycles. The fourth-order valence-corrected chi connectivity index (χ4v) is 4.24. The Morgan fingerprint density at radius 1 is 1.03 bits per heavy atom. The third kappa shape index (κ3) is 3.41. The van der Waals surface area contributed by atoms with Crippen molar-refractivity contribution in [1.29, 1.82) is 0 Å². The van der Waals surface area contributed by atoms with Crippen LogP contribution in [0.3, 0.4) is 0 Å². The van der Waals surface area contributed by atoms with E-state index in [-0.39, 0.29) is 11.1 Å². The van der Waals surface area contributed by atoms with Crippen molar-refractivity contribution in [3.05, 3.63) is 86.6 Å². The summed E-state index contributed by atoms with van der Waals surface area (Å²) in [5.41, 5.74) is 5.05. The van der Waals surface area contributed by atoms with Crippen LogP contribution in [0.5, 0.6) is 0 Å². The molecule has 3 aromatic heterocycles. The van der Waals surface area contributed by atoms with Crippen molar-refractivity contribution in [1.82, 2.24) is 19.6 Å². The molecule has 0 N–H and O–H groups in total. The first-order valence-electron chi connectivity index (χ1n) is 10.4. The van der Waals surface area contributed by atoms with E-state index in [9.17, 15) is 13.6 Å². The predicted octanol–water partition coefficient (Wildman–Crippen LogP) is 3.92. The van der Waals surface area contributed by atoms with E-state index in [1.165, 1.54) is 16.6 Å². The molecule has 0 fully saturated rings. The van der Waals surface area contributed by atoms with Gasteiger partial charge < -0.3 is 4.90 Å². The Kier molecular flexibility index (Phi) is 4.73. The molecule has 1 aliphatic heterocycles. The molecule has 0 unspecified atom stereocenters. The molecule has 0 radical (unpaired) electrons. The molecule has 1 aromatic carbocycles. The van der Waals surface area contributed by atoms with E-state index in [2.05, 4.69) is 20.0 Å². The van der Waals surface area contributed by atoms with Gasteiger partial charge in [-0.25, -0.2) is 13.8 Å². The third-order valence-electron chi connectivity index (χ3n) is 5.76. The predicted molar refractivity (Wildman–Crippen MR) is 118 cm³/mol. The zero-order chi connectivity index (χ0) is 22.6. The minimum atomic E-state index is -0.876. The maximum Gasteiger partial charge on any atom is 0.274 e. The molecule has 1 aliphatic rings. The van der Waals surface area contributed by atoms with Gasteiger partial charge in [-0.1, -0.05) is 0 Å². The summed E-state index contributed by atoms with van der Waals surface area (Å²) < 4.78 is 29.7. The lowest BCUT2D eigenvalue weighted by atomic mass is 9.98. The van der Waals surface area contributed by atoms with E-state index in [0.717, 1.165) is 16.8 Å². The largest absolute Gasteiger partial charge is 0.350 e. The van der Waals surface area contributed by atoms with Crippen LogP contribution in [0.25, 0.3) is 16.8 Å². The first-order valence-corrected chi connectivity index (χ1v) is 10.4. The smallest absolute Gasteiger partial charge is 0.274 e. The number of hydrogen-bond acceptors (Lipinski definition) is 5. The van der Waals surface area contributed by atoms with Crippen LogP contribution >= 0.6 is 0 Å². The van der Waals surface area contributed by atoms with Crippen LogP contribution in [0.2, 0.25) is 0 Å². The lowest BCUT2D eigenvalue weighted by Gasteiger charge is -2.30. The molecule has 0 spiro atoms. The van der Waals surface area contributed by atoms with Crippen molar-refractivity contribution in [2.45, 2.75) is 33.7 Å². The van der Waals surface area contributed by atoms with Gasteiger partial charge in [0.1, 0.15) is 0 Å². The van der Waals surface area contributed by atoms with Gasteiger partial charge in [-0.3, -0.25) is 9.78 Å². The summed E-state index contributed by atoms with van der Waals surface area (Å²) in [5.74, 6) is -1.06. The van der Waals surface area contributed by atoms with Crippen molar-refractivity contribution in [3.63, 3.8) is 0 Å². The van der Waals surface area contributed by atoms with E-state index >= 15 is 0 Å². The molecule has 32 heavy (non-hydrogen) atoms. The SMILES string of the molecule is Cc1cc(F)c(F)c(-c2cnc3c(c2)CN(c2nn4c(=O)cc(C)nc4cc2C)CC3)c1. The van der Waals surface area contributed by atoms with Crippen LogP contribution in [0.4, 0.5) is 14.6 Å². The Balaban J connectivity index is 1.55. The quantitative estimate of drug-likeness (QED) is 0.480. The van der Waals surface area contributed by atoms with Gasteiger partial charge in [0.15, 0.2) is 23.1 Å². The van der Waals surface area contributed by atoms with Gasteiger partial charge in [-0.2, -0.15) is 4.52 Å². The molecule has 6 nitrogen and oxygen atoms in total. The van der Waals surface area contributed by atoms with E-state index < -0.39 is 11.6 Å². The highest BCUT2D eigenvalue weighted by Crippen LogP contribution is 2.30. The summed E-state index contributed by atoms with van der Waals surface area (Å²) in [6, 6.07) is 7.97. The van der Waals surface area contributed by atoms with Crippen LogP contribution in [-0.2, 0) is 13.0 Å². The monoisotopic (exact) mass is 433 g/mol. The Morgan fingerprint density at radius 2 is 1.84 bits per heavy atom. The van der Waals surface area contributed by atoms with Crippen molar-refractivity contribution < 1.29 is 8.78 Å². The Labute approximate surface area is 183 Å². The number of hydrogen-bond donors (Lipinski definition) is 0. The Bertz CT molecular complexity index is 1450. The molecule has 0 saturated heterocycles. The van der Waals surface area contributed by atoms with Gasteiger partial charge in [0.2, 0.25) is 0 Å². The highest BCUT2D eigenvalue weighted by Gasteiger charge is 2.22. The molecule has 4 aromatic rings. The van der Waals surface area contributed by atoms with Crippen molar-refractivity contribution in [2.24, 2.45) is 0 Å². The van der Waals surface area contributed by atoms with Crippen molar-refractivity contribution in [2.75, 3.05) is 11.4 Å². The summed E-state index contributed by atoms with van der Waals surface area (Å²) in [6.07, 6.45) is 2.28. The average molecular weight is 433 g/mol. The van der Waals surface area contributed by atoms with Crippen LogP contribution < -0.4 is 10.5 Å². The lowest BCUT2D eigenvalue weighted by molar-refractivity contribution is 0.510. The maximum atomic E-state index is 14.4. The second-order valence-electron chi connectivity index (χ2n) is 8.27.